The van der Waals surface area contributed by atoms with Crippen LogP contribution in [0.3, 0.4) is 0 Å². The Morgan fingerprint density at radius 3 is 2.58 bits per heavy atom. The molecule has 0 bridgehead atoms. The van der Waals surface area contributed by atoms with Crippen LogP contribution in [0.2, 0.25) is 0 Å². The van der Waals surface area contributed by atoms with Gasteiger partial charge in [-0.3, -0.25) is 5.43 Å². The molecule has 0 amide bonds. The lowest BCUT2D eigenvalue weighted by Crippen LogP contribution is -2.28. The summed E-state index contributed by atoms with van der Waals surface area (Å²) in [4.78, 5) is 0. The molecular weight excluding hydrogens is 390 g/mol. The minimum Gasteiger partial charge on any atom is -0.490 e. The van der Waals surface area contributed by atoms with E-state index < -0.39 is 0 Å². The lowest BCUT2D eigenvalue weighted by molar-refractivity contribution is 0.217. The molecule has 0 saturated carbocycles. The highest BCUT2D eigenvalue weighted by Gasteiger charge is 2.01. The van der Waals surface area contributed by atoms with Crippen LogP contribution in [-0.2, 0) is 0 Å². The maximum Gasteiger partial charge on any atom is 0.186 e. The molecule has 5 nitrogen and oxygen atoms in total. The van der Waals surface area contributed by atoms with Crippen molar-refractivity contribution in [3.05, 3.63) is 58.6 Å². The standard InChI is InChI=1S/C17H18BrN3O2S/c1-19-17(24)21-20-12-13-4-2-3-5-16(13)23-11-10-22-15-8-6-14(18)7-9-15/h2-9,12H,10-11H2,1H3,(H2,19,21,24)/b20-12+. The Kier molecular flexibility index (Phi) is 7.51. The molecule has 0 unspecified atom stereocenters. The summed E-state index contributed by atoms with van der Waals surface area (Å²) in [5, 5.41) is 7.30. The van der Waals surface area contributed by atoms with Crippen LogP contribution >= 0.6 is 28.1 Å². The van der Waals surface area contributed by atoms with Gasteiger partial charge in [0.05, 0.1) is 6.21 Å². The molecule has 126 valence electrons. The first-order chi connectivity index (χ1) is 11.7. The van der Waals surface area contributed by atoms with Gasteiger partial charge in [0.15, 0.2) is 5.11 Å². The quantitative estimate of drug-likeness (QED) is 0.319. The number of rotatable bonds is 7. The average Bonchev–Trinajstić information content (AvgIpc) is 2.61. The van der Waals surface area contributed by atoms with Crippen LogP contribution in [0.25, 0.3) is 0 Å². The van der Waals surface area contributed by atoms with Gasteiger partial charge in [0, 0.05) is 17.1 Å². The van der Waals surface area contributed by atoms with Gasteiger partial charge in [-0.05, 0) is 48.6 Å². The normalized spacial score (nSPS) is 10.4. The van der Waals surface area contributed by atoms with E-state index >= 15 is 0 Å². The highest BCUT2D eigenvalue weighted by molar-refractivity contribution is 9.10. The predicted octanol–water partition coefficient (Wildman–Crippen LogP) is 3.33. The molecule has 0 spiro atoms. The van der Waals surface area contributed by atoms with Crippen LogP contribution in [-0.4, -0.2) is 31.6 Å². The predicted molar refractivity (Wildman–Crippen MR) is 104 cm³/mol. The molecule has 2 aromatic carbocycles. The van der Waals surface area contributed by atoms with E-state index in [2.05, 4.69) is 31.8 Å². The van der Waals surface area contributed by atoms with Gasteiger partial charge in [-0.25, -0.2) is 0 Å². The first-order valence-electron chi connectivity index (χ1n) is 7.30. The highest BCUT2D eigenvalue weighted by atomic mass is 79.9. The third-order valence-electron chi connectivity index (χ3n) is 2.94. The van der Waals surface area contributed by atoms with Gasteiger partial charge in [0.1, 0.15) is 24.7 Å². The van der Waals surface area contributed by atoms with Gasteiger partial charge in [-0.2, -0.15) is 5.10 Å². The van der Waals surface area contributed by atoms with Crippen molar-refractivity contribution in [2.24, 2.45) is 5.10 Å². The molecule has 0 fully saturated rings. The average molecular weight is 408 g/mol. The van der Waals surface area contributed by atoms with Gasteiger partial charge in [-0.15, -0.1) is 0 Å². The van der Waals surface area contributed by atoms with Crippen LogP contribution < -0.4 is 20.2 Å². The first kappa shape index (κ1) is 18.2. The number of hydrogen-bond acceptors (Lipinski definition) is 4. The molecule has 0 saturated heterocycles. The highest BCUT2D eigenvalue weighted by Crippen LogP contribution is 2.17. The Balaban J connectivity index is 1.83. The van der Waals surface area contributed by atoms with Crippen LogP contribution in [0, 0.1) is 0 Å². The molecule has 7 heteroatoms. The van der Waals surface area contributed by atoms with E-state index in [0.717, 1.165) is 21.5 Å². The minimum absolute atomic E-state index is 0.434. The van der Waals surface area contributed by atoms with Crippen LogP contribution in [0.4, 0.5) is 0 Å². The van der Waals surface area contributed by atoms with Crippen molar-refractivity contribution in [2.45, 2.75) is 0 Å². The van der Waals surface area contributed by atoms with E-state index in [1.165, 1.54) is 0 Å². The summed E-state index contributed by atoms with van der Waals surface area (Å²) >= 11 is 8.35. The maximum atomic E-state index is 5.76. The number of para-hydroxylation sites is 1. The smallest absolute Gasteiger partial charge is 0.186 e. The Labute approximate surface area is 155 Å². The molecule has 0 aliphatic carbocycles. The van der Waals surface area contributed by atoms with E-state index in [1.54, 1.807) is 13.3 Å². The molecule has 0 aliphatic heterocycles. The summed E-state index contributed by atoms with van der Waals surface area (Å²) in [7, 11) is 1.73. The molecular formula is C17H18BrN3O2S. The minimum atomic E-state index is 0.434. The number of hydrazone groups is 1. The largest absolute Gasteiger partial charge is 0.490 e. The zero-order valence-electron chi connectivity index (χ0n) is 13.2. The van der Waals surface area contributed by atoms with Crippen molar-refractivity contribution < 1.29 is 9.47 Å². The second kappa shape index (κ2) is 9.89. The van der Waals surface area contributed by atoms with Crippen molar-refractivity contribution >= 4 is 39.5 Å². The molecule has 0 aromatic heterocycles. The Morgan fingerprint density at radius 1 is 1.12 bits per heavy atom. The summed E-state index contributed by atoms with van der Waals surface area (Å²) in [5.41, 5.74) is 3.56. The zero-order chi connectivity index (χ0) is 17.2. The second-order valence-electron chi connectivity index (χ2n) is 4.64. The van der Waals surface area contributed by atoms with E-state index in [0.29, 0.717) is 18.3 Å². The fourth-order valence-electron chi connectivity index (χ4n) is 1.78. The number of benzene rings is 2. The van der Waals surface area contributed by atoms with E-state index in [-0.39, 0.29) is 0 Å². The van der Waals surface area contributed by atoms with Gasteiger partial charge >= 0.3 is 0 Å². The number of ether oxygens (including phenoxy) is 2. The summed E-state index contributed by atoms with van der Waals surface area (Å²) in [6.45, 7) is 0.887. The SMILES string of the molecule is CNC(=S)N/N=C/c1ccccc1OCCOc1ccc(Br)cc1. The van der Waals surface area contributed by atoms with E-state index in [1.807, 2.05) is 48.5 Å². The molecule has 2 rings (SSSR count). The van der Waals surface area contributed by atoms with Gasteiger partial charge in [-0.1, -0.05) is 28.1 Å². The molecule has 0 aliphatic rings. The third kappa shape index (κ3) is 6.17. The third-order valence-corrected chi connectivity index (χ3v) is 3.76. The summed E-state index contributed by atoms with van der Waals surface area (Å²) in [6, 6.07) is 15.3. The molecule has 0 heterocycles. The van der Waals surface area contributed by atoms with Crippen molar-refractivity contribution in [1.82, 2.24) is 10.7 Å². The molecule has 2 N–H and O–H groups in total. The van der Waals surface area contributed by atoms with Crippen molar-refractivity contribution in [1.29, 1.82) is 0 Å². The maximum absolute atomic E-state index is 5.76. The fourth-order valence-corrected chi connectivity index (χ4v) is 2.09. The second-order valence-corrected chi connectivity index (χ2v) is 5.96. The molecule has 2 aromatic rings. The van der Waals surface area contributed by atoms with Gasteiger partial charge in [0.2, 0.25) is 0 Å². The Hall–Kier alpha value is -2.12. The topological polar surface area (TPSA) is 54.9 Å². The van der Waals surface area contributed by atoms with Crippen LogP contribution in [0.15, 0.2) is 58.1 Å². The van der Waals surface area contributed by atoms with Gasteiger partial charge in [0.25, 0.3) is 0 Å². The molecule has 0 atom stereocenters. The number of thiocarbonyl (C=S) groups is 1. The lowest BCUT2D eigenvalue weighted by Gasteiger charge is -2.10. The number of nitrogens with zero attached hydrogens (tertiary/aromatic N) is 1. The van der Waals surface area contributed by atoms with Crippen molar-refractivity contribution in [3.63, 3.8) is 0 Å². The fraction of sp³-hybridized carbons (Fsp3) is 0.176. The Morgan fingerprint density at radius 2 is 1.83 bits per heavy atom. The summed E-state index contributed by atoms with van der Waals surface area (Å²) in [5.74, 6) is 1.54. The van der Waals surface area contributed by atoms with Gasteiger partial charge < -0.3 is 14.8 Å². The van der Waals surface area contributed by atoms with Crippen molar-refractivity contribution in [2.75, 3.05) is 20.3 Å². The lowest BCUT2D eigenvalue weighted by atomic mass is 10.2. The molecule has 0 radical (unpaired) electrons. The number of hydrogen-bond donors (Lipinski definition) is 2. The van der Waals surface area contributed by atoms with Crippen LogP contribution in [0.1, 0.15) is 5.56 Å². The monoisotopic (exact) mass is 407 g/mol. The van der Waals surface area contributed by atoms with E-state index in [9.17, 15) is 0 Å². The number of halogens is 1. The first-order valence-corrected chi connectivity index (χ1v) is 8.50. The summed E-state index contributed by atoms with van der Waals surface area (Å²) in [6.07, 6.45) is 1.66. The molecule has 24 heavy (non-hydrogen) atoms. The number of nitrogens with one attached hydrogen (secondary N) is 2. The summed E-state index contributed by atoms with van der Waals surface area (Å²) < 4.78 is 12.4. The van der Waals surface area contributed by atoms with Crippen molar-refractivity contribution in [3.8, 4) is 11.5 Å². The Bertz CT molecular complexity index is 692. The zero-order valence-corrected chi connectivity index (χ0v) is 15.6. The van der Waals surface area contributed by atoms with E-state index in [4.69, 9.17) is 21.7 Å². The van der Waals surface area contributed by atoms with Crippen LogP contribution in [0.5, 0.6) is 11.5 Å².